The third-order valence-electron chi connectivity index (χ3n) is 1.12. The molecule has 0 radical (unpaired) electrons. The Kier molecular flexibility index (Phi) is 13.8. The van der Waals surface area contributed by atoms with Gasteiger partial charge in [0.1, 0.15) is 0 Å². The number of carbonyl (C=O) groups is 1. The van der Waals surface area contributed by atoms with E-state index in [-0.39, 0.29) is 5.91 Å². The Hall–Kier alpha value is -0.740. The minimum Gasteiger partial charge on any atom is -0.294 e. The van der Waals surface area contributed by atoms with Crippen LogP contribution in [0.2, 0.25) is 0 Å². The first-order valence-electron chi connectivity index (χ1n) is 4.62. The molecule has 0 bridgehead atoms. The van der Waals surface area contributed by atoms with E-state index < -0.39 is 0 Å². The van der Waals surface area contributed by atoms with Crippen LogP contribution in [0.5, 0.6) is 0 Å². The molecule has 1 amide bonds. The van der Waals surface area contributed by atoms with Crippen LogP contribution < -0.4 is 11.3 Å². The average molecular weight is 216 g/mol. The second-order valence-corrected chi connectivity index (χ2v) is 3.38. The van der Waals surface area contributed by atoms with E-state index in [9.17, 15) is 4.79 Å². The van der Waals surface area contributed by atoms with Crippen LogP contribution >= 0.6 is 11.8 Å². The van der Waals surface area contributed by atoms with Crippen molar-refractivity contribution < 1.29 is 4.79 Å². The van der Waals surface area contributed by atoms with Gasteiger partial charge in [-0.25, -0.2) is 5.84 Å². The Balaban J connectivity index is 0. The van der Waals surface area contributed by atoms with E-state index in [2.05, 4.69) is 5.43 Å². The van der Waals surface area contributed by atoms with Crippen molar-refractivity contribution in [2.45, 2.75) is 27.7 Å². The summed E-state index contributed by atoms with van der Waals surface area (Å²) in [6.45, 7) is 7.90. The van der Waals surface area contributed by atoms with Gasteiger partial charge in [0.05, 0.1) is 5.75 Å². The highest BCUT2D eigenvalue weighted by molar-refractivity contribution is 8.03. The lowest BCUT2D eigenvalue weighted by Crippen LogP contribution is -2.31. The highest BCUT2D eigenvalue weighted by Gasteiger charge is 1.97. The molecule has 0 spiro atoms. The quantitative estimate of drug-likeness (QED) is 0.328. The van der Waals surface area contributed by atoms with E-state index in [0.717, 1.165) is 4.91 Å². The largest absolute Gasteiger partial charge is 0.294 e. The molecular formula is C10H20N2OS. The van der Waals surface area contributed by atoms with Crippen molar-refractivity contribution in [1.82, 2.24) is 5.43 Å². The molecule has 0 heterocycles. The van der Waals surface area contributed by atoms with Gasteiger partial charge >= 0.3 is 0 Å². The highest BCUT2D eigenvalue weighted by Crippen LogP contribution is 2.13. The van der Waals surface area contributed by atoms with Crippen LogP contribution in [0.1, 0.15) is 27.7 Å². The van der Waals surface area contributed by atoms with Crippen LogP contribution in [0.25, 0.3) is 0 Å². The Labute approximate surface area is 90.8 Å². The second kappa shape index (κ2) is 12.3. The first-order valence-corrected chi connectivity index (χ1v) is 5.61. The molecule has 0 aromatic carbocycles. The molecule has 82 valence electrons. The molecular weight excluding hydrogens is 196 g/mol. The Morgan fingerprint density at radius 2 is 2.07 bits per heavy atom. The lowest BCUT2D eigenvalue weighted by Gasteiger charge is -1.98. The van der Waals surface area contributed by atoms with Gasteiger partial charge in [-0.3, -0.25) is 10.2 Å². The number of hydrogen-bond donors (Lipinski definition) is 2. The second-order valence-electron chi connectivity index (χ2n) is 2.16. The Bertz CT molecular complexity index is 200. The minimum atomic E-state index is -0.159. The molecule has 0 atom stereocenters. The maximum atomic E-state index is 10.7. The zero-order chi connectivity index (χ0) is 11.4. The topological polar surface area (TPSA) is 55.1 Å². The fourth-order valence-corrected chi connectivity index (χ4v) is 1.12. The number of amides is 1. The van der Waals surface area contributed by atoms with Crippen molar-refractivity contribution in [1.29, 1.82) is 0 Å². The molecule has 0 aromatic rings. The number of rotatable bonds is 4. The average Bonchev–Trinajstić information content (AvgIpc) is 2.25. The molecule has 0 aliphatic carbocycles. The molecule has 0 saturated carbocycles. The summed E-state index contributed by atoms with van der Waals surface area (Å²) in [4.78, 5) is 11.8. The van der Waals surface area contributed by atoms with Crippen molar-refractivity contribution >= 4 is 17.7 Å². The van der Waals surface area contributed by atoms with E-state index in [4.69, 9.17) is 5.84 Å². The molecule has 14 heavy (non-hydrogen) atoms. The van der Waals surface area contributed by atoms with Gasteiger partial charge in [0.25, 0.3) is 0 Å². The van der Waals surface area contributed by atoms with Crippen LogP contribution in [0.3, 0.4) is 0 Å². The van der Waals surface area contributed by atoms with Gasteiger partial charge in [0, 0.05) is 0 Å². The van der Waals surface area contributed by atoms with Crippen LogP contribution in [-0.4, -0.2) is 11.7 Å². The molecule has 0 fully saturated rings. The summed E-state index contributed by atoms with van der Waals surface area (Å²) >= 11 is 1.47. The smallest absolute Gasteiger partial charge is 0.244 e. The maximum Gasteiger partial charge on any atom is 0.244 e. The first kappa shape index (κ1) is 15.7. The van der Waals surface area contributed by atoms with E-state index in [0.29, 0.717) is 5.75 Å². The summed E-state index contributed by atoms with van der Waals surface area (Å²) in [5.74, 6) is 5.12. The maximum absolute atomic E-state index is 10.7. The molecule has 0 saturated heterocycles. The predicted molar refractivity (Wildman–Crippen MR) is 64.7 cm³/mol. The van der Waals surface area contributed by atoms with E-state index in [1.165, 1.54) is 11.8 Å². The van der Waals surface area contributed by atoms with Crippen molar-refractivity contribution in [3.8, 4) is 0 Å². The summed E-state index contributed by atoms with van der Waals surface area (Å²) in [5.41, 5.74) is 2.07. The van der Waals surface area contributed by atoms with Crippen molar-refractivity contribution in [2.24, 2.45) is 5.84 Å². The zero-order valence-corrected chi connectivity index (χ0v) is 10.1. The Morgan fingerprint density at radius 3 is 2.50 bits per heavy atom. The fourth-order valence-electron chi connectivity index (χ4n) is 0.501. The monoisotopic (exact) mass is 216 g/mol. The van der Waals surface area contributed by atoms with E-state index in [1.54, 1.807) is 0 Å². The zero-order valence-electron chi connectivity index (χ0n) is 9.33. The van der Waals surface area contributed by atoms with E-state index in [1.807, 2.05) is 45.9 Å². The molecule has 3 N–H and O–H groups in total. The van der Waals surface area contributed by atoms with Gasteiger partial charge in [0.15, 0.2) is 0 Å². The van der Waals surface area contributed by atoms with Gasteiger partial charge < -0.3 is 0 Å². The van der Waals surface area contributed by atoms with Gasteiger partial charge in [0.2, 0.25) is 5.91 Å². The third-order valence-corrected chi connectivity index (χ3v) is 2.11. The predicted octanol–water partition coefficient (Wildman–Crippen LogP) is 2.22. The molecule has 0 aliphatic heterocycles. The van der Waals surface area contributed by atoms with Crippen molar-refractivity contribution in [2.75, 3.05) is 5.75 Å². The highest BCUT2D eigenvalue weighted by atomic mass is 32.2. The lowest BCUT2D eigenvalue weighted by molar-refractivity contribution is -0.118. The number of carbonyl (C=O) groups excluding carboxylic acids is 1. The molecule has 4 heteroatoms. The third kappa shape index (κ3) is 11.3. The number of thioether (sulfide) groups is 1. The number of hydrogen-bond acceptors (Lipinski definition) is 3. The summed E-state index contributed by atoms with van der Waals surface area (Å²) < 4.78 is 0. The standard InChI is InChI=1S/C8H14N2OS.C2H6/c1-3-4-5-7(2)12-6-8(11)10-9;1-2/h3-5H,6,9H2,1-2H3,(H,10,11);1-2H3/b4-3-,7-5+;. The molecule has 0 aliphatic rings. The van der Waals surface area contributed by atoms with Gasteiger partial charge in [-0.05, 0) is 18.8 Å². The summed E-state index contributed by atoms with van der Waals surface area (Å²) in [6, 6.07) is 0. The van der Waals surface area contributed by atoms with Crippen molar-refractivity contribution in [3.05, 3.63) is 23.1 Å². The Morgan fingerprint density at radius 1 is 1.50 bits per heavy atom. The van der Waals surface area contributed by atoms with Crippen LogP contribution in [-0.2, 0) is 4.79 Å². The number of allylic oxidation sites excluding steroid dienone is 4. The van der Waals surface area contributed by atoms with Crippen LogP contribution in [0.4, 0.5) is 0 Å². The number of nitrogens with two attached hydrogens (primary N) is 1. The van der Waals surface area contributed by atoms with Crippen molar-refractivity contribution in [3.63, 3.8) is 0 Å². The van der Waals surface area contributed by atoms with Crippen LogP contribution in [0, 0.1) is 0 Å². The molecule has 0 unspecified atom stereocenters. The molecule has 0 rings (SSSR count). The lowest BCUT2D eigenvalue weighted by atomic mass is 10.5. The van der Waals surface area contributed by atoms with E-state index >= 15 is 0 Å². The summed E-state index contributed by atoms with van der Waals surface area (Å²) in [5, 5.41) is 0. The summed E-state index contributed by atoms with van der Waals surface area (Å²) in [7, 11) is 0. The van der Waals surface area contributed by atoms with Gasteiger partial charge in [-0.1, -0.05) is 32.1 Å². The first-order chi connectivity index (χ1) is 6.70. The molecule has 3 nitrogen and oxygen atoms in total. The minimum absolute atomic E-state index is 0.159. The van der Waals surface area contributed by atoms with Gasteiger partial charge in [-0.2, -0.15) is 0 Å². The SMILES string of the molecule is C/C=C\C=C(/C)SCC(=O)NN.CC. The number of nitrogens with one attached hydrogen (secondary N) is 1. The number of hydrazine groups is 1. The normalized spacial score (nSPS) is 10.8. The fraction of sp³-hybridized carbons (Fsp3) is 0.500. The van der Waals surface area contributed by atoms with Crippen LogP contribution in [0.15, 0.2) is 23.1 Å². The molecule has 0 aromatic heterocycles. The van der Waals surface area contributed by atoms with Gasteiger partial charge in [-0.15, -0.1) is 11.8 Å². The summed E-state index contributed by atoms with van der Waals surface area (Å²) in [6.07, 6.45) is 5.82.